The molecule has 2 aromatic rings. The SMILES string of the molecule is CC(C(=O)Nc1cccc(S(N)(=O)=O)c1)n1cccn1. The molecule has 20 heavy (non-hydrogen) atoms. The number of hydrogen-bond donors (Lipinski definition) is 2. The number of nitrogens with two attached hydrogens (primary N) is 1. The first kappa shape index (κ1) is 14.2. The van der Waals surface area contributed by atoms with Crippen molar-refractivity contribution in [2.24, 2.45) is 5.14 Å². The fourth-order valence-corrected chi connectivity index (χ4v) is 2.19. The topological polar surface area (TPSA) is 107 Å². The van der Waals surface area contributed by atoms with Gasteiger partial charge >= 0.3 is 0 Å². The van der Waals surface area contributed by atoms with Crippen LogP contribution in [-0.4, -0.2) is 24.1 Å². The van der Waals surface area contributed by atoms with Crippen LogP contribution in [0.15, 0.2) is 47.6 Å². The summed E-state index contributed by atoms with van der Waals surface area (Å²) in [7, 11) is -3.79. The van der Waals surface area contributed by atoms with E-state index in [9.17, 15) is 13.2 Å². The van der Waals surface area contributed by atoms with Crippen LogP contribution in [0.25, 0.3) is 0 Å². The maximum absolute atomic E-state index is 12.0. The van der Waals surface area contributed by atoms with Crippen LogP contribution >= 0.6 is 0 Å². The van der Waals surface area contributed by atoms with E-state index in [2.05, 4.69) is 10.4 Å². The molecule has 3 N–H and O–H groups in total. The number of rotatable bonds is 4. The highest BCUT2D eigenvalue weighted by Crippen LogP contribution is 2.15. The first-order valence-electron chi connectivity index (χ1n) is 5.81. The van der Waals surface area contributed by atoms with Gasteiger partial charge in [0.25, 0.3) is 0 Å². The van der Waals surface area contributed by atoms with Gasteiger partial charge in [0.05, 0.1) is 4.90 Å². The molecule has 106 valence electrons. The second kappa shape index (κ2) is 5.43. The van der Waals surface area contributed by atoms with Crippen LogP contribution in [0.5, 0.6) is 0 Å². The summed E-state index contributed by atoms with van der Waals surface area (Å²) >= 11 is 0. The Hall–Kier alpha value is -2.19. The number of amides is 1. The number of sulfonamides is 1. The fraction of sp³-hybridized carbons (Fsp3) is 0.167. The van der Waals surface area contributed by atoms with Crippen LogP contribution in [-0.2, 0) is 14.8 Å². The summed E-state index contributed by atoms with van der Waals surface area (Å²) in [5.41, 5.74) is 0.362. The van der Waals surface area contributed by atoms with Crippen molar-refractivity contribution in [2.45, 2.75) is 17.9 Å². The van der Waals surface area contributed by atoms with Gasteiger partial charge in [-0.05, 0) is 31.2 Å². The number of nitrogens with one attached hydrogen (secondary N) is 1. The Labute approximate surface area is 116 Å². The van der Waals surface area contributed by atoms with Crippen molar-refractivity contribution in [3.8, 4) is 0 Å². The van der Waals surface area contributed by atoms with Crippen LogP contribution < -0.4 is 10.5 Å². The first-order valence-corrected chi connectivity index (χ1v) is 7.35. The first-order chi connectivity index (χ1) is 9.38. The number of hydrogen-bond acceptors (Lipinski definition) is 4. The van der Waals surface area contributed by atoms with Crippen LogP contribution in [0, 0.1) is 0 Å². The van der Waals surface area contributed by atoms with E-state index in [0.717, 1.165) is 0 Å². The summed E-state index contributed by atoms with van der Waals surface area (Å²) in [6, 6.07) is 6.97. The van der Waals surface area contributed by atoms with Crippen LogP contribution in [0.2, 0.25) is 0 Å². The van der Waals surface area contributed by atoms with Crippen molar-refractivity contribution in [1.82, 2.24) is 9.78 Å². The van der Waals surface area contributed by atoms with Crippen LogP contribution in [0.3, 0.4) is 0 Å². The molecule has 0 spiro atoms. The second-order valence-electron chi connectivity index (χ2n) is 4.22. The van der Waals surface area contributed by atoms with Crippen molar-refractivity contribution in [3.05, 3.63) is 42.7 Å². The highest BCUT2D eigenvalue weighted by atomic mass is 32.2. The number of carbonyl (C=O) groups excluding carboxylic acids is 1. The van der Waals surface area contributed by atoms with Gasteiger partial charge in [-0.2, -0.15) is 5.10 Å². The smallest absolute Gasteiger partial charge is 0.248 e. The van der Waals surface area contributed by atoms with Gasteiger partial charge in [0.15, 0.2) is 0 Å². The maximum Gasteiger partial charge on any atom is 0.248 e. The van der Waals surface area contributed by atoms with Crippen molar-refractivity contribution < 1.29 is 13.2 Å². The summed E-state index contributed by atoms with van der Waals surface area (Å²) in [5.74, 6) is -0.305. The summed E-state index contributed by atoms with van der Waals surface area (Å²) in [4.78, 5) is 12.0. The van der Waals surface area contributed by atoms with Crippen LogP contribution in [0.4, 0.5) is 5.69 Å². The Balaban J connectivity index is 2.16. The molecular weight excluding hydrogens is 280 g/mol. The molecule has 1 aromatic carbocycles. The van der Waals surface area contributed by atoms with Gasteiger partial charge in [-0.25, -0.2) is 13.6 Å². The lowest BCUT2D eigenvalue weighted by atomic mass is 10.2. The van der Waals surface area contributed by atoms with Crippen molar-refractivity contribution in [3.63, 3.8) is 0 Å². The quantitative estimate of drug-likeness (QED) is 0.866. The summed E-state index contributed by atoms with van der Waals surface area (Å²) in [6.07, 6.45) is 3.25. The number of nitrogens with zero attached hydrogens (tertiary/aromatic N) is 2. The van der Waals surface area contributed by atoms with E-state index in [1.807, 2.05) is 0 Å². The monoisotopic (exact) mass is 294 g/mol. The average Bonchev–Trinajstić information content (AvgIpc) is 2.91. The molecule has 8 heteroatoms. The molecule has 2 rings (SSSR count). The highest BCUT2D eigenvalue weighted by molar-refractivity contribution is 7.89. The Morgan fingerprint density at radius 2 is 2.15 bits per heavy atom. The summed E-state index contributed by atoms with van der Waals surface area (Å²) in [5, 5.41) is 11.6. The van der Waals surface area contributed by atoms with Gasteiger partial charge in [-0.3, -0.25) is 9.48 Å². The number of carbonyl (C=O) groups is 1. The standard InChI is InChI=1S/C12H14N4O3S/c1-9(16-7-3-6-14-16)12(17)15-10-4-2-5-11(8-10)20(13,18)19/h2-9H,1H3,(H,15,17)(H2,13,18,19). The Bertz CT molecular complexity index is 710. The van der Waals surface area contributed by atoms with Gasteiger partial charge in [0.1, 0.15) is 6.04 Å². The predicted molar refractivity (Wildman–Crippen MR) is 73.4 cm³/mol. The molecule has 1 heterocycles. The van der Waals surface area contributed by atoms with E-state index < -0.39 is 16.1 Å². The molecule has 1 aromatic heterocycles. The number of aromatic nitrogens is 2. The summed E-state index contributed by atoms with van der Waals surface area (Å²) in [6.45, 7) is 1.69. The lowest BCUT2D eigenvalue weighted by Gasteiger charge is -2.13. The average molecular weight is 294 g/mol. The van der Waals surface area contributed by atoms with Gasteiger partial charge in [-0.1, -0.05) is 6.07 Å². The zero-order chi connectivity index (χ0) is 14.8. The lowest BCUT2D eigenvalue weighted by Crippen LogP contribution is -2.24. The third-order valence-electron chi connectivity index (χ3n) is 2.73. The molecule has 0 saturated heterocycles. The van der Waals surface area contributed by atoms with Crippen LogP contribution in [0.1, 0.15) is 13.0 Å². The Morgan fingerprint density at radius 3 is 2.75 bits per heavy atom. The van der Waals surface area contributed by atoms with E-state index in [1.54, 1.807) is 31.5 Å². The molecule has 0 radical (unpaired) electrons. The Kier molecular flexibility index (Phi) is 3.86. The molecule has 0 aliphatic carbocycles. The number of benzene rings is 1. The molecule has 0 aliphatic rings. The third kappa shape index (κ3) is 3.22. The number of anilines is 1. The van der Waals surface area contributed by atoms with Gasteiger partial charge < -0.3 is 5.32 Å². The van der Waals surface area contributed by atoms with E-state index in [4.69, 9.17) is 5.14 Å². The van der Waals surface area contributed by atoms with E-state index in [-0.39, 0.29) is 10.8 Å². The lowest BCUT2D eigenvalue weighted by molar-refractivity contribution is -0.119. The number of primary sulfonamides is 1. The molecule has 0 bridgehead atoms. The molecular formula is C12H14N4O3S. The minimum Gasteiger partial charge on any atom is -0.324 e. The molecule has 1 amide bonds. The van der Waals surface area contributed by atoms with E-state index in [0.29, 0.717) is 5.69 Å². The normalized spacial score (nSPS) is 12.9. The van der Waals surface area contributed by atoms with Gasteiger partial charge in [0, 0.05) is 18.1 Å². The second-order valence-corrected chi connectivity index (χ2v) is 5.79. The van der Waals surface area contributed by atoms with Gasteiger partial charge in [-0.15, -0.1) is 0 Å². The minimum atomic E-state index is -3.79. The van der Waals surface area contributed by atoms with Crippen molar-refractivity contribution >= 4 is 21.6 Å². The molecule has 0 aliphatic heterocycles. The van der Waals surface area contributed by atoms with Crippen molar-refractivity contribution in [2.75, 3.05) is 5.32 Å². The zero-order valence-electron chi connectivity index (χ0n) is 10.7. The predicted octanol–water partition coefficient (Wildman–Crippen LogP) is 0.730. The highest BCUT2D eigenvalue weighted by Gasteiger charge is 2.16. The molecule has 0 fully saturated rings. The molecule has 7 nitrogen and oxygen atoms in total. The third-order valence-corrected chi connectivity index (χ3v) is 3.64. The molecule has 1 unspecified atom stereocenters. The summed E-state index contributed by atoms with van der Waals surface area (Å²) < 4.78 is 24.0. The maximum atomic E-state index is 12.0. The Morgan fingerprint density at radius 1 is 1.40 bits per heavy atom. The van der Waals surface area contributed by atoms with E-state index in [1.165, 1.54) is 22.9 Å². The van der Waals surface area contributed by atoms with Crippen molar-refractivity contribution in [1.29, 1.82) is 0 Å². The largest absolute Gasteiger partial charge is 0.324 e. The molecule has 1 atom stereocenters. The van der Waals surface area contributed by atoms with Gasteiger partial charge in [0.2, 0.25) is 15.9 Å². The van der Waals surface area contributed by atoms with E-state index >= 15 is 0 Å². The molecule has 0 saturated carbocycles. The minimum absolute atomic E-state index is 0.0537. The zero-order valence-corrected chi connectivity index (χ0v) is 11.5. The fourth-order valence-electron chi connectivity index (χ4n) is 1.63.